The van der Waals surface area contributed by atoms with Crippen LogP contribution < -0.4 is 5.69 Å². The van der Waals surface area contributed by atoms with E-state index < -0.39 is 0 Å². The molecule has 0 spiro atoms. The molecule has 4 heterocycles. The molecule has 2 atom stereocenters. The lowest BCUT2D eigenvalue weighted by atomic mass is 10.1. The Hall–Kier alpha value is -2.38. The van der Waals surface area contributed by atoms with Gasteiger partial charge in [-0.15, -0.1) is 0 Å². The van der Waals surface area contributed by atoms with E-state index in [1.165, 1.54) is 12.8 Å². The maximum Gasteiger partial charge on any atom is 0.345 e. The van der Waals surface area contributed by atoms with Gasteiger partial charge in [0.2, 0.25) is 5.91 Å². The molecule has 0 radical (unpaired) electrons. The first-order valence-corrected chi connectivity index (χ1v) is 9.98. The highest BCUT2D eigenvalue weighted by atomic mass is 16.2. The minimum absolute atomic E-state index is 0.00426. The Morgan fingerprint density at radius 2 is 1.89 bits per heavy atom. The van der Waals surface area contributed by atoms with Crippen LogP contribution in [0.25, 0.3) is 0 Å². The molecule has 2 aliphatic heterocycles. The van der Waals surface area contributed by atoms with Gasteiger partial charge in [0.05, 0.1) is 11.7 Å². The van der Waals surface area contributed by atoms with Crippen LogP contribution >= 0.6 is 0 Å². The third-order valence-electron chi connectivity index (χ3n) is 6.24. The van der Waals surface area contributed by atoms with Crippen LogP contribution in [-0.4, -0.2) is 47.0 Å². The summed E-state index contributed by atoms with van der Waals surface area (Å²) in [7, 11) is 0. The standard InChI is InChI=1S/C19H26N6O2/c1-12-7-13(2)23(20-12)11-18(26)25-15-5-6-16(25)10-22-17(8-15)21-24(19(22)27)9-14-3-4-14/h7,14-16H,3-6,8-11H2,1-2H3/t15-,16+/m0/s1. The van der Waals surface area contributed by atoms with E-state index in [1.54, 1.807) is 9.36 Å². The molecular formula is C19H26N6O2. The van der Waals surface area contributed by atoms with E-state index in [9.17, 15) is 9.59 Å². The Kier molecular flexibility index (Phi) is 3.77. The van der Waals surface area contributed by atoms with Gasteiger partial charge in [-0.3, -0.25) is 14.0 Å². The van der Waals surface area contributed by atoms with Crippen molar-refractivity contribution >= 4 is 5.91 Å². The number of carbonyl (C=O) groups is 1. The second-order valence-corrected chi connectivity index (χ2v) is 8.41. The lowest BCUT2D eigenvalue weighted by Crippen LogP contribution is -2.44. The Morgan fingerprint density at radius 1 is 1.11 bits per heavy atom. The van der Waals surface area contributed by atoms with Gasteiger partial charge in [0.15, 0.2) is 0 Å². The number of aryl methyl sites for hydroxylation is 2. The van der Waals surface area contributed by atoms with Gasteiger partial charge in [-0.05, 0) is 51.5 Å². The van der Waals surface area contributed by atoms with Crippen molar-refractivity contribution in [3.05, 3.63) is 33.8 Å². The summed E-state index contributed by atoms with van der Waals surface area (Å²) in [6.45, 7) is 5.49. The monoisotopic (exact) mass is 370 g/mol. The molecule has 27 heavy (non-hydrogen) atoms. The van der Waals surface area contributed by atoms with E-state index in [0.29, 0.717) is 18.9 Å². The summed E-state index contributed by atoms with van der Waals surface area (Å²) in [6, 6.07) is 2.20. The highest BCUT2D eigenvalue weighted by molar-refractivity contribution is 5.77. The first-order valence-electron chi connectivity index (χ1n) is 9.98. The Balaban J connectivity index is 1.38. The molecule has 2 aromatic heterocycles. The molecule has 1 saturated carbocycles. The topological polar surface area (TPSA) is 78.0 Å². The van der Waals surface area contributed by atoms with Gasteiger partial charge in [0.25, 0.3) is 0 Å². The van der Waals surface area contributed by atoms with Crippen molar-refractivity contribution < 1.29 is 4.79 Å². The van der Waals surface area contributed by atoms with Crippen LogP contribution in [0.1, 0.15) is 42.9 Å². The number of amides is 1. The minimum Gasteiger partial charge on any atom is -0.333 e. The van der Waals surface area contributed by atoms with Gasteiger partial charge in [0, 0.05) is 31.2 Å². The summed E-state index contributed by atoms with van der Waals surface area (Å²) in [4.78, 5) is 27.8. The van der Waals surface area contributed by atoms with E-state index in [4.69, 9.17) is 0 Å². The van der Waals surface area contributed by atoms with Crippen LogP contribution in [-0.2, 0) is 30.8 Å². The molecule has 1 amide bonds. The maximum absolute atomic E-state index is 13.1. The van der Waals surface area contributed by atoms with Gasteiger partial charge in [0.1, 0.15) is 12.4 Å². The summed E-state index contributed by atoms with van der Waals surface area (Å²) < 4.78 is 5.25. The summed E-state index contributed by atoms with van der Waals surface area (Å²) in [5.74, 6) is 1.56. The fourth-order valence-electron chi connectivity index (χ4n) is 4.70. The van der Waals surface area contributed by atoms with E-state index in [1.807, 2.05) is 29.4 Å². The average Bonchev–Trinajstić information content (AvgIpc) is 3.21. The summed E-state index contributed by atoms with van der Waals surface area (Å²) in [5.41, 5.74) is 1.92. The zero-order chi connectivity index (χ0) is 18.7. The smallest absolute Gasteiger partial charge is 0.333 e. The van der Waals surface area contributed by atoms with Crippen molar-refractivity contribution in [2.24, 2.45) is 5.92 Å². The highest BCUT2D eigenvalue weighted by Crippen LogP contribution is 2.32. The van der Waals surface area contributed by atoms with E-state index in [2.05, 4.69) is 10.2 Å². The third-order valence-corrected chi connectivity index (χ3v) is 6.24. The van der Waals surface area contributed by atoms with E-state index >= 15 is 0 Å². The van der Waals surface area contributed by atoms with Gasteiger partial charge in [-0.2, -0.15) is 10.2 Å². The highest BCUT2D eigenvalue weighted by Gasteiger charge is 2.41. The van der Waals surface area contributed by atoms with Crippen molar-refractivity contribution in [2.45, 2.75) is 77.7 Å². The molecule has 8 nitrogen and oxygen atoms in total. The number of fused-ring (bicyclic) bond motifs is 3. The fourth-order valence-corrected chi connectivity index (χ4v) is 4.70. The molecule has 0 unspecified atom stereocenters. The molecule has 2 aromatic rings. The zero-order valence-corrected chi connectivity index (χ0v) is 16.0. The number of carbonyl (C=O) groups excluding carboxylic acids is 1. The molecule has 0 aromatic carbocycles. The normalized spacial score (nSPS) is 24.1. The van der Waals surface area contributed by atoms with Crippen LogP contribution in [0, 0.1) is 19.8 Å². The van der Waals surface area contributed by atoms with Crippen LogP contribution in [0.3, 0.4) is 0 Å². The molecule has 8 heteroatoms. The van der Waals surface area contributed by atoms with Crippen molar-refractivity contribution in [3.8, 4) is 0 Å². The average molecular weight is 370 g/mol. The second kappa shape index (κ2) is 6.07. The minimum atomic E-state index is -0.00426. The molecule has 2 bridgehead atoms. The molecule has 2 fully saturated rings. The summed E-state index contributed by atoms with van der Waals surface area (Å²) >= 11 is 0. The molecular weight excluding hydrogens is 344 g/mol. The van der Waals surface area contributed by atoms with Gasteiger partial charge in [-0.25, -0.2) is 9.48 Å². The number of hydrogen-bond acceptors (Lipinski definition) is 4. The number of rotatable bonds is 4. The van der Waals surface area contributed by atoms with Crippen molar-refractivity contribution in [3.63, 3.8) is 0 Å². The first kappa shape index (κ1) is 16.8. The molecule has 1 aliphatic carbocycles. The predicted octanol–water partition coefficient (Wildman–Crippen LogP) is 0.884. The second-order valence-electron chi connectivity index (χ2n) is 8.41. The number of nitrogens with zero attached hydrogens (tertiary/aromatic N) is 6. The maximum atomic E-state index is 13.1. The zero-order valence-electron chi connectivity index (χ0n) is 16.0. The largest absolute Gasteiger partial charge is 0.345 e. The molecule has 0 N–H and O–H groups in total. The van der Waals surface area contributed by atoms with Crippen molar-refractivity contribution in [1.82, 2.24) is 29.0 Å². The van der Waals surface area contributed by atoms with E-state index in [-0.39, 0.29) is 30.2 Å². The van der Waals surface area contributed by atoms with Crippen molar-refractivity contribution in [1.29, 1.82) is 0 Å². The first-order chi connectivity index (χ1) is 13.0. The van der Waals surface area contributed by atoms with Gasteiger partial charge >= 0.3 is 5.69 Å². The number of aromatic nitrogens is 5. The Morgan fingerprint density at radius 3 is 2.59 bits per heavy atom. The van der Waals surface area contributed by atoms with Gasteiger partial charge < -0.3 is 4.90 Å². The fraction of sp³-hybridized carbons (Fsp3) is 0.684. The molecule has 3 aliphatic rings. The third kappa shape index (κ3) is 2.91. The lowest BCUT2D eigenvalue weighted by molar-refractivity contribution is -0.135. The Labute approximate surface area is 157 Å². The van der Waals surface area contributed by atoms with Crippen LogP contribution in [0.4, 0.5) is 0 Å². The summed E-state index contributed by atoms with van der Waals surface area (Å²) in [5, 5.41) is 9.04. The van der Waals surface area contributed by atoms with E-state index in [0.717, 1.165) is 36.6 Å². The Bertz CT molecular complexity index is 950. The SMILES string of the molecule is Cc1cc(C)n(CC(=O)N2[C@@H]3CC[C@H]2Cc2nn(CC4CC4)c(=O)n2C3)n1. The number of hydrogen-bond donors (Lipinski definition) is 0. The predicted molar refractivity (Wildman–Crippen MR) is 98.3 cm³/mol. The van der Waals surface area contributed by atoms with Crippen LogP contribution in [0.5, 0.6) is 0 Å². The van der Waals surface area contributed by atoms with Crippen molar-refractivity contribution in [2.75, 3.05) is 0 Å². The lowest BCUT2D eigenvalue weighted by Gasteiger charge is -2.28. The molecule has 5 rings (SSSR count). The quantitative estimate of drug-likeness (QED) is 0.801. The summed E-state index contributed by atoms with van der Waals surface area (Å²) in [6.07, 6.45) is 5.01. The molecule has 1 saturated heterocycles. The van der Waals surface area contributed by atoms with Crippen LogP contribution in [0.15, 0.2) is 10.9 Å². The van der Waals surface area contributed by atoms with Crippen LogP contribution in [0.2, 0.25) is 0 Å². The van der Waals surface area contributed by atoms with Gasteiger partial charge in [-0.1, -0.05) is 0 Å². The molecule has 144 valence electrons.